The van der Waals surface area contributed by atoms with Gasteiger partial charge >= 0.3 is 0 Å². The number of anilines is 3. The number of nitrogens with zero attached hydrogens (tertiary/aromatic N) is 3. The highest BCUT2D eigenvalue weighted by atomic mass is 15.2. The van der Waals surface area contributed by atoms with Crippen molar-refractivity contribution in [3.63, 3.8) is 0 Å². The van der Waals surface area contributed by atoms with Crippen molar-refractivity contribution >= 4 is 28.0 Å². The van der Waals surface area contributed by atoms with E-state index >= 15 is 0 Å². The normalized spacial score (nSPS) is 14.1. The molecule has 3 nitrogen and oxygen atoms in total. The van der Waals surface area contributed by atoms with E-state index in [1.54, 1.807) is 0 Å². The third-order valence-electron chi connectivity index (χ3n) is 14.1. The number of rotatable bonds is 5. The summed E-state index contributed by atoms with van der Waals surface area (Å²) in [4.78, 5) is 13.0. The molecule has 0 amide bonds. The van der Waals surface area contributed by atoms with Crippen LogP contribution < -0.4 is 4.90 Å². The van der Waals surface area contributed by atoms with Gasteiger partial charge in [0.15, 0.2) is 5.82 Å². The minimum Gasteiger partial charge on any atom is -0.310 e. The van der Waals surface area contributed by atoms with Crippen LogP contribution in [0.5, 0.6) is 0 Å². The van der Waals surface area contributed by atoms with Gasteiger partial charge in [-0.25, -0.2) is 9.97 Å². The zero-order chi connectivity index (χ0) is 41.9. The van der Waals surface area contributed by atoms with Crippen LogP contribution in [0.2, 0.25) is 0 Å². The minimum atomic E-state index is -0.532. The van der Waals surface area contributed by atoms with E-state index in [2.05, 4.69) is 225 Å². The van der Waals surface area contributed by atoms with Crippen molar-refractivity contribution in [2.45, 2.75) is 24.7 Å². The highest BCUT2D eigenvalue weighted by molar-refractivity contribution is 6.02. The fourth-order valence-corrected chi connectivity index (χ4v) is 11.4. The number of hydrogen-bond acceptors (Lipinski definition) is 3. The Kier molecular flexibility index (Phi) is 7.57. The first kappa shape index (κ1) is 35.8. The van der Waals surface area contributed by atoms with E-state index in [-0.39, 0.29) is 5.41 Å². The van der Waals surface area contributed by atoms with Crippen molar-refractivity contribution in [3.05, 3.63) is 246 Å². The van der Waals surface area contributed by atoms with E-state index in [1.165, 1.54) is 66.8 Å². The van der Waals surface area contributed by atoms with Gasteiger partial charge < -0.3 is 4.90 Å². The number of para-hydroxylation sites is 1. The highest BCUT2D eigenvalue weighted by Crippen LogP contribution is 2.66. The largest absolute Gasteiger partial charge is 0.310 e. The first-order chi connectivity index (χ1) is 31.0. The second kappa shape index (κ2) is 13.3. The topological polar surface area (TPSA) is 29.0 Å². The predicted octanol–water partition coefficient (Wildman–Crippen LogP) is 15.1. The maximum atomic E-state index is 5.26. The van der Waals surface area contributed by atoms with Gasteiger partial charge in [0.2, 0.25) is 0 Å². The van der Waals surface area contributed by atoms with E-state index in [0.29, 0.717) is 5.82 Å². The Balaban J connectivity index is 1.08. The molecule has 0 aliphatic heterocycles. The first-order valence-electron chi connectivity index (χ1n) is 21.9. The van der Waals surface area contributed by atoms with Gasteiger partial charge in [0, 0.05) is 38.7 Å². The Morgan fingerprint density at radius 1 is 0.381 bits per heavy atom. The first-order valence-corrected chi connectivity index (χ1v) is 21.9. The van der Waals surface area contributed by atoms with Gasteiger partial charge in [0.05, 0.1) is 28.0 Å². The van der Waals surface area contributed by atoms with E-state index < -0.39 is 5.41 Å². The van der Waals surface area contributed by atoms with Crippen molar-refractivity contribution in [1.29, 1.82) is 0 Å². The maximum Gasteiger partial charge on any atom is 0.160 e. The third kappa shape index (κ3) is 4.91. The molecule has 3 aliphatic rings. The molecule has 0 fully saturated rings. The molecule has 1 heterocycles. The Bertz CT molecular complexity index is 3430. The lowest BCUT2D eigenvalue weighted by Gasteiger charge is -2.36. The fourth-order valence-electron chi connectivity index (χ4n) is 11.4. The summed E-state index contributed by atoms with van der Waals surface area (Å²) in [7, 11) is 0. The summed E-state index contributed by atoms with van der Waals surface area (Å²) < 4.78 is 0. The van der Waals surface area contributed by atoms with E-state index in [9.17, 15) is 0 Å². The second-order valence-corrected chi connectivity index (χ2v) is 17.6. The van der Waals surface area contributed by atoms with Gasteiger partial charge in [-0.1, -0.05) is 184 Å². The number of fused-ring (bicyclic) bond motifs is 14. The highest BCUT2D eigenvalue weighted by Gasteiger charge is 2.53. The Hall–Kier alpha value is -7.88. The van der Waals surface area contributed by atoms with Gasteiger partial charge in [-0.05, 0) is 98.1 Å². The lowest BCUT2D eigenvalue weighted by atomic mass is 9.70. The summed E-state index contributed by atoms with van der Waals surface area (Å²) >= 11 is 0. The molecule has 0 unspecified atom stereocenters. The van der Waals surface area contributed by atoms with Crippen molar-refractivity contribution in [2.24, 2.45) is 0 Å². The summed E-state index contributed by atoms with van der Waals surface area (Å²) in [6.45, 7) is 4.73. The van der Waals surface area contributed by atoms with Crippen molar-refractivity contribution < 1.29 is 0 Å². The van der Waals surface area contributed by atoms with Crippen LogP contribution in [0.1, 0.15) is 47.2 Å². The van der Waals surface area contributed by atoms with Gasteiger partial charge in [0.1, 0.15) is 0 Å². The molecule has 1 aromatic heterocycles. The molecular weight excluding hydrogens is 763 g/mol. The lowest BCUT2D eigenvalue weighted by molar-refractivity contribution is 0.660. The molecule has 10 aromatic rings. The van der Waals surface area contributed by atoms with Crippen LogP contribution in [-0.4, -0.2) is 9.97 Å². The van der Waals surface area contributed by atoms with Crippen LogP contribution in [0.15, 0.2) is 212 Å². The quantitative estimate of drug-likeness (QED) is 0.174. The van der Waals surface area contributed by atoms with Crippen LogP contribution in [0.25, 0.3) is 66.9 Å². The molecule has 0 saturated heterocycles. The lowest BCUT2D eigenvalue weighted by Crippen LogP contribution is -2.28. The Morgan fingerprint density at radius 3 is 1.60 bits per heavy atom. The molecule has 0 saturated carbocycles. The van der Waals surface area contributed by atoms with E-state index in [4.69, 9.17) is 9.97 Å². The Labute approximate surface area is 367 Å². The molecule has 1 spiro atoms. The SMILES string of the molecule is CC1(C)c2ccccc2-c2c(N(c3ccc(-c4nc(-c5ccccc5)c5ccccc5n4)cc3)c3cccc4c3C3(c5ccccc5-c5ccccc53)c3ccccc3-4)cccc21. The molecule has 63 heavy (non-hydrogen) atoms. The summed E-state index contributed by atoms with van der Waals surface area (Å²) in [5.74, 6) is 0.705. The molecule has 0 atom stereocenters. The van der Waals surface area contributed by atoms with Crippen LogP contribution in [0.3, 0.4) is 0 Å². The standard InChI is InChI=1S/C60H41N3/c1-59(2)47-26-11-9-23-45(47)55-51(59)30-17-32-53(55)63(40-36-34-39(35-37-40)58-61-52-31-15-10-24-46(52)57(62-58)38-18-4-3-5-19-38)54-33-16-25-44-43-22-8-14-29-50(43)60(56(44)54)48-27-12-6-20-41(48)42-21-7-13-28-49(42)60/h3-37H,1-2H3. The fraction of sp³-hybridized carbons (Fsp3) is 0.0667. The van der Waals surface area contributed by atoms with Crippen LogP contribution in [0.4, 0.5) is 17.1 Å². The van der Waals surface area contributed by atoms with Crippen molar-refractivity contribution in [1.82, 2.24) is 9.97 Å². The van der Waals surface area contributed by atoms with Gasteiger partial charge in [-0.3, -0.25) is 0 Å². The summed E-state index contributed by atoms with van der Waals surface area (Å²) in [6, 6.07) is 77.8. The molecule has 0 N–H and O–H groups in total. The molecule has 0 radical (unpaired) electrons. The molecule has 3 heteroatoms. The summed E-state index contributed by atoms with van der Waals surface area (Å²) in [5, 5.41) is 1.04. The van der Waals surface area contributed by atoms with Gasteiger partial charge in [-0.2, -0.15) is 0 Å². The van der Waals surface area contributed by atoms with Crippen molar-refractivity contribution in [3.8, 4) is 56.0 Å². The second-order valence-electron chi connectivity index (χ2n) is 17.6. The van der Waals surface area contributed by atoms with E-state index in [1.807, 2.05) is 6.07 Å². The van der Waals surface area contributed by atoms with Crippen LogP contribution >= 0.6 is 0 Å². The summed E-state index contributed by atoms with van der Waals surface area (Å²) in [6.07, 6.45) is 0. The zero-order valence-corrected chi connectivity index (χ0v) is 35.0. The number of hydrogen-bond donors (Lipinski definition) is 0. The average molecular weight is 804 g/mol. The molecular formula is C60H41N3. The zero-order valence-electron chi connectivity index (χ0n) is 35.0. The molecule has 13 rings (SSSR count). The maximum absolute atomic E-state index is 5.26. The number of benzene rings is 9. The molecule has 296 valence electrons. The number of aromatic nitrogens is 2. The summed E-state index contributed by atoms with van der Waals surface area (Å²) in [5.41, 5.74) is 22.3. The molecule has 0 bridgehead atoms. The average Bonchev–Trinajstić information content (AvgIpc) is 3.91. The predicted molar refractivity (Wildman–Crippen MR) is 259 cm³/mol. The third-order valence-corrected chi connectivity index (χ3v) is 14.1. The van der Waals surface area contributed by atoms with Crippen LogP contribution in [0, 0.1) is 0 Å². The van der Waals surface area contributed by atoms with Gasteiger partial charge in [-0.15, -0.1) is 0 Å². The van der Waals surface area contributed by atoms with E-state index in [0.717, 1.165) is 44.8 Å². The Morgan fingerprint density at radius 2 is 0.905 bits per heavy atom. The molecule has 9 aromatic carbocycles. The monoisotopic (exact) mass is 803 g/mol. The minimum absolute atomic E-state index is 0.166. The van der Waals surface area contributed by atoms with Crippen LogP contribution in [-0.2, 0) is 10.8 Å². The van der Waals surface area contributed by atoms with Gasteiger partial charge in [0.25, 0.3) is 0 Å². The smallest absolute Gasteiger partial charge is 0.160 e. The van der Waals surface area contributed by atoms with Crippen molar-refractivity contribution in [2.75, 3.05) is 4.90 Å². The molecule has 3 aliphatic carbocycles.